The van der Waals surface area contributed by atoms with Gasteiger partial charge in [0.05, 0.1) is 17.9 Å². The predicted octanol–water partition coefficient (Wildman–Crippen LogP) is 3.25. The van der Waals surface area contributed by atoms with E-state index in [4.69, 9.17) is 9.26 Å². The zero-order valence-corrected chi connectivity index (χ0v) is 15.6. The molecule has 2 N–H and O–H groups in total. The van der Waals surface area contributed by atoms with Gasteiger partial charge >= 0.3 is 5.97 Å². The summed E-state index contributed by atoms with van der Waals surface area (Å²) < 4.78 is 9.99. The molecule has 0 saturated heterocycles. The van der Waals surface area contributed by atoms with Crippen molar-refractivity contribution in [1.82, 2.24) is 15.1 Å². The molecular formula is C19H19N5O4. The Bertz CT molecular complexity index is 1020. The number of aryl methyl sites for hydroxylation is 2. The van der Waals surface area contributed by atoms with Gasteiger partial charge in [-0.1, -0.05) is 17.3 Å². The molecule has 28 heavy (non-hydrogen) atoms. The Morgan fingerprint density at radius 1 is 1.14 bits per heavy atom. The Morgan fingerprint density at radius 2 is 1.93 bits per heavy atom. The number of nitrogens with one attached hydrogen (secondary N) is 2. The highest BCUT2D eigenvalue weighted by atomic mass is 16.5. The van der Waals surface area contributed by atoms with E-state index in [-0.39, 0.29) is 18.2 Å². The standard InChI is InChI=1S/C19H19N5O4/c1-4-27-18(26)13-7-5-6-8-14(13)21-19-20-11(2)9-15(22-19)17(25)23-16-10-12(3)28-24-16/h5-10H,4H2,1-3H3,(H,20,21,22)(H,23,24,25). The number of nitrogens with zero attached hydrogens (tertiary/aromatic N) is 3. The van der Waals surface area contributed by atoms with Gasteiger partial charge in [0.2, 0.25) is 5.95 Å². The van der Waals surface area contributed by atoms with Crippen molar-refractivity contribution >= 4 is 29.3 Å². The van der Waals surface area contributed by atoms with Crippen molar-refractivity contribution < 1.29 is 18.8 Å². The minimum atomic E-state index is -0.461. The number of benzene rings is 1. The monoisotopic (exact) mass is 381 g/mol. The summed E-state index contributed by atoms with van der Waals surface area (Å²) >= 11 is 0. The fourth-order valence-electron chi connectivity index (χ4n) is 2.45. The van der Waals surface area contributed by atoms with E-state index in [0.29, 0.717) is 28.5 Å². The second-order valence-electron chi connectivity index (χ2n) is 5.89. The van der Waals surface area contributed by atoms with Crippen LogP contribution in [-0.2, 0) is 4.74 Å². The molecule has 0 aliphatic heterocycles. The van der Waals surface area contributed by atoms with E-state index in [1.807, 2.05) is 0 Å². The predicted molar refractivity (Wildman–Crippen MR) is 102 cm³/mol. The largest absolute Gasteiger partial charge is 0.462 e. The Kier molecular flexibility index (Phi) is 5.64. The average Bonchev–Trinajstić information content (AvgIpc) is 3.06. The van der Waals surface area contributed by atoms with Crippen molar-refractivity contribution in [2.75, 3.05) is 17.2 Å². The number of esters is 1. The van der Waals surface area contributed by atoms with Crippen LogP contribution >= 0.6 is 0 Å². The second kappa shape index (κ2) is 8.30. The van der Waals surface area contributed by atoms with Gasteiger partial charge in [-0.15, -0.1) is 0 Å². The van der Waals surface area contributed by atoms with Gasteiger partial charge in [0.25, 0.3) is 5.91 Å². The highest BCUT2D eigenvalue weighted by Gasteiger charge is 2.16. The van der Waals surface area contributed by atoms with Crippen LogP contribution < -0.4 is 10.6 Å². The number of aromatic nitrogens is 3. The summed E-state index contributed by atoms with van der Waals surface area (Å²) in [6.07, 6.45) is 0. The molecule has 1 aromatic carbocycles. The second-order valence-corrected chi connectivity index (χ2v) is 5.89. The van der Waals surface area contributed by atoms with Crippen molar-refractivity contribution in [1.29, 1.82) is 0 Å². The minimum absolute atomic E-state index is 0.143. The maximum absolute atomic E-state index is 12.5. The summed E-state index contributed by atoms with van der Waals surface area (Å²) in [6.45, 7) is 5.46. The quantitative estimate of drug-likeness (QED) is 0.625. The molecule has 2 heterocycles. The Hall–Kier alpha value is -3.75. The third-order valence-corrected chi connectivity index (χ3v) is 3.63. The normalized spacial score (nSPS) is 10.4. The van der Waals surface area contributed by atoms with Crippen LogP contribution in [0, 0.1) is 13.8 Å². The molecule has 0 spiro atoms. The first-order chi connectivity index (χ1) is 13.5. The lowest BCUT2D eigenvalue weighted by Crippen LogP contribution is -2.16. The molecule has 0 atom stereocenters. The van der Waals surface area contributed by atoms with Gasteiger partial charge in [-0.3, -0.25) is 4.79 Å². The number of ether oxygens (including phenoxy) is 1. The zero-order valence-electron chi connectivity index (χ0n) is 15.6. The first-order valence-corrected chi connectivity index (χ1v) is 8.59. The molecule has 9 nitrogen and oxygen atoms in total. The summed E-state index contributed by atoms with van der Waals surface area (Å²) in [6, 6.07) is 9.98. The summed E-state index contributed by atoms with van der Waals surface area (Å²) in [4.78, 5) is 33.1. The number of rotatable bonds is 6. The number of para-hydroxylation sites is 1. The molecule has 9 heteroatoms. The fraction of sp³-hybridized carbons (Fsp3) is 0.211. The minimum Gasteiger partial charge on any atom is -0.462 e. The molecule has 0 aliphatic carbocycles. The van der Waals surface area contributed by atoms with Crippen LogP contribution in [0.15, 0.2) is 40.9 Å². The summed E-state index contributed by atoms with van der Waals surface area (Å²) in [5.74, 6) is 0.129. The van der Waals surface area contributed by atoms with Crippen LogP contribution in [0.3, 0.4) is 0 Å². The van der Waals surface area contributed by atoms with E-state index in [9.17, 15) is 9.59 Å². The molecule has 144 valence electrons. The number of hydrogen-bond donors (Lipinski definition) is 2. The number of hydrogen-bond acceptors (Lipinski definition) is 8. The van der Waals surface area contributed by atoms with Crippen molar-refractivity contribution in [2.24, 2.45) is 0 Å². The highest BCUT2D eigenvalue weighted by Crippen LogP contribution is 2.20. The van der Waals surface area contributed by atoms with Crippen molar-refractivity contribution in [3.05, 3.63) is 59.1 Å². The van der Waals surface area contributed by atoms with Crippen LogP contribution in [0.2, 0.25) is 0 Å². The van der Waals surface area contributed by atoms with Gasteiger partial charge in [0.1, 0.15) is 11.5 Å². The highest BCUT2D eigenvalue weighted by molar-refractivity contribution is 6.02. The van der Waals surface area contributed by atoms with Crippen molar-refractivity contribution in [3.63, 3.8) is 0 Å². The van der Waals surface area contributed by atoms with Gasteiger partial charge in [0.15, 0.2) is 5.82 Å². The molecule has 2 aromatic heterocycles. The summed E-state index contributed by atoms with van der Waals surface area (Å²) in [5.41, 5.74) is 1.54. The first-order valence-electron chi connectivity index (χ1n) is 8.59. The third kappa shape index (κ3) is 4.50. The van der Waals surface area contributed by atoms with Crippen LogP contribution in [0.5, 0.6) is 0 Å². The number of amides is 1. The topological polar surface area (TPSA) is 119 Å². The Labute approximate surface area is 161 Å². The molecule has 0 bridgehead atoms. The van der Waals surface area contributed by atoms with E-state index >= 15 is 0 Å². The molecule has 3 aromatic rings. The number of anilines is 3. The first kappa shape index (κ1) is 19.0. The molecule has 0 radical (unpaired) electrons. The van der Waals surface area contributed by atoms with E-state index in [0.717, 1.165) is 0 Å². The van der Waals surface area contributed by atoms with Gasteiger partial charge in [-0.05, 0) is 39.0 Å². The number of carbonyl (C=O) groups is 2. The average molecular weight is 381 g/mol. The molecule has 3 rings (SSSR count). The van der Waals surface area contributed by atoms with Gasteiger partial charge in [-0.2, -0.15) is 0 Å². The SMILES string of the molecule is CCOC(=O)c1ccccc1Nc1nc(C)cc(C(=O)Nc2cc(C)on2)n1. The van der Waals surface area contributed by atoms with Crippen LogP contribution in [0.25, 0.3) is 0 Å². The fourth-order valence-corrected chi connectivity index (χ4v) is 2.45. The van der Waals surface area contributed by atoms with Crippen LogP contribution in [0.1, 0.15) is 39.2 Å². The zero-order chi connectivity index (χ0) is 20.1. The lowest BCUT2D eigenvalue weighted by molar-refractivity contribution is 0.0527. The molecule has 1 amide bonds. The van der Waals surface area contributed by atoms with Crippen LogP contribution in [-0.4, -0.2) is 33.6 Å². The molecular weight excluding hydrogens is 362 g/mol. The Morgan fingerprint density at radius 3 is 2.64 bits per heavy atom. The number of carbonyl (C=O) groups excluding carboxylic acids is 2. The van der Waals surface area contributed by atoms with E-state index < -0.39 is 11.9 Å². The maximum atomic E-state index is 12.5. The van der Waals surface area contributed by atoms with Crippen molar-refractivity contribution in [2.45, 2.75) is 20.8 Å². The summed E-state index contributed by atoms with van der Waals surface area (Å²) in [5, 5.41) is 9.31. The van der Waals surface area contributed by atoms with Crippen LogP contribution in [0.4, 0.5) is 17.5 Å². The van der Waals surface area contributed by atoms with Crippen molar-refractivity contribution in [3.8, 4) is 0 Å². The molecule has 0 fully saturated rings. The summed E-state index contributed by atoms with van der Waals surface area (Å²) in [7, 11) is 0. The van der Waals surface area contributed by atoms with Gasteiger partial charge in [0, 0.05) is 11.8 Å². The van der Waals surface area contributed by atoms with Gasteiger partial charge in [-0.25, -0.2) is 14.8 Å². The van der Waals surface area contributed by atoms with E-state index in [1.54, 1.807) is 57.2 Å². The van der Waals surface area contributed by atoms with Gasteiger partial charge < -0.3 is 19.9 Å². The molecule has 0 unspecified atom stereocenters. The van der Waals surface area contributed by atoms with E-state index in [1.165, 1.54) is 0 Å². The van der Waals surface area contributed by atoms with E-state index in [2.05, 4.69) is 25.8 Å². The smallest absolute Gasteiger partial charge is 0.340 e. The third-order valence-electron chi connectivity index (χ3n) is 3.63. The lowest BCUT2D eigenvalue weighted by Gasteiger charge is -2.11. The Balaban J connectivity index is 1.84. The molecule has 0 aliphatic rings. The maximum Gasteiger partial charge on any atom is 0.340 e. The lowest BCUT2D eigenvalue weighted by atomic mass is 10.2. The molecule has 0 saturated carbocycles.